The topological polar surface area (TPSA) is 0 Å². The Balaban J connectivity index is 3.40. The van der Waals surface area contributed by atoms with Crippen molar-refractivity contribution >= 4 is 35.3 Å². The second-order valence-corrected chi connectivity index (χ2v) is 28.8. The Hall–Kier alpha value is 0.306. The van der Waals surface area contributed by atoms with E-state index < -0.39 is 26.5 Å². The van der Waals surface area contributed by atoms with Crippen molar-refractivity contribution in [2.75, 3.05) is 0 Å². The molecule has 0 heterocycles. The third kappa shape index (κ3) is 4.16. The minimum absolute atomic E-state index is 0.656. The standard InChI is InChI=1S/C15H28Ge2/c1-12(2)13-9-14(16(3,4)5)11-15(10-13)17(6,7)8/h9-12H,1-8H3. The molecule has 0 aromatic heterocycles. The molecule has 0 fully saturated rings. The van der Waals surface area contributed by atoms with Crippen molar-refractivity contribution in [2.24, 2.45) is 0 Å². The molecule has 0 bridgehead atoms. The Morgan fingerprint density at radius 2 is 1.06 bits per heavy atom. The van der Waals surface area contributed by atoms with Crippen molar-refractivity contribution in [2.45, 2.75) is 54.3 Å². The van der Waals surface area contributed by atoms with Gasteiger partial charge in [-0.05, 0) is 0 Å². The third-order valence-corrected chi connectivity index (χ3v) is 11.8. The van der Waals surface area contributed by atoms with Crippen LogP contribution in [0.5, 0.6) is 0 Å². The van der Waals surface area contributed by atoms with Crippen LogP contribution in [0.15, 0.2) is 18.2 Å². The Morgan fingerprint density at radius 1 is 0.706 bits per heavy atom. The summed E-state index contributed by atoms with van der Waals surface area (Å²) in [7, 11) is 0. The summed E-state index contributed by atoms with van der Waals surface area (Å²) in [4.78, 5) is 0. The monoisotopic (exact) mass is 356 g/mol. The van der Waals surface area contributed by atoms with Crippen LogP contribution < -0.4 is 8.79 Å². The summed E-state index contributed by atoms with van der Waals surface area (Å²) in [5.74, 6) is 15.6. The zero-order valence-electron chi connectivity index (χ0n) is 12.8. The van der Waals surface area contributed by atoms with E-state index in [4.69, 9.17) is 0 Å². The molecule has 0 amide bonds. The van der Waals surface area contributed by atoms with Gasteiger partial charge >= 0.3 is 113 Å². The predicted octanol–water partition coefficient (Wildman–Crippen LogP) is 3.90. The van der Waals surface area contributed by atoms with Gasteiger partial charge in [0.1, 0.15) is 0 Å². The van der Waals surface area contributed by atoms with Crippen LogP contribution in [0.2, 0.25) is 34.5 Å². The Labute approximate surface area is 113 Å². The second kappa shape index (κ2) is 5.12. The maximum atomic E-state index is 2.55. The van der Waals surface area contributed by atoms with Crippen LogP contribution in [-0.2, 0) is 0 Å². The van der Waals surface area contributed by atoms with Gasteiger partial charge in [-0.3, -0.25) is 0 Å². The molecular weight excluding hydrogens is 325 g/mol. The van der Waals surface area contributed by atoms with E-state index in [1.54, 1.807) is 14.4 Å². The van der Waals surface area contributed by atoms with Crippen molar-refractivity contribution in [3.05, 3.63) is 23.8 Å². The molecule has 17 heavy (non-hydrogen) atoms. The molecule has 0 atom stereocenters. The van der Waals surface area contributed by atoms with Crippen molar-refractivity contribution in [1.29, 1.82) is 0 Å². The zero-order chi connectivity index (χ0) is 13.4. The van der Waals surface area contributed by atoms with Crippen LogP contribution in [0.4, 0.5) is 0 Å². The first-order valence-corrected chi connectivity index (χ1v) is 21.4. The molecule has 2 heteroatoms. The number of hydrogen-bond acceptors (Lipinski definition) is 0. The quantitative estimate of drug-likeness (QED) is 0.723. The normalized spacial score (nSPS) is 13.2. The Kier molecular flexibility index (Phi) is 4.63. The van der Waals surface area contributed by atoms with Gasteiger partial charge in [0.15, 0.2) is 0 Å². The van der Waals surface area contributed by atoms with Gasteiger partial charge < -0.3 is 0 Å². The second-order valence-electron chi connectivity index (χ2n) is 7.50. The van der Waals surface area contributed by atoms with E-state index in [9.17, 15) is 0 Å². The van der Waals surface area contributed by atoms with E-state index in [0.29, 0.717) is 5.92 Å². The fraction of sp³-hybridized carbons (Fsp3) is 0.600. The molecule has 0 aliphatic rings. The molecule has 0 N–H and O–H groups in total. The summed E-state index contributed by atoms with van der Waals surface area (Å²) in [5.41, 5.74) is 1.55. The molecule has 0 aliphatic carbocycles. The summed E-state index contributed by atoms with van der Waals surface area (Å²) in [6, 6.07) is 7.52. The van der Waals surface area contributed by atoms with Gasteiger partial charge in [0.25, 0.3) is 0 Å². The third-order valence-electron chi connectivity index (χ3n) is 3.35. The molecule has 96 valence electrons. The van der Waals surface area contributed by atoms with Gasteiger partial charge in [0, 0.05) is 0 Å². The van der Waals surface area contributed by atoms with Gasteiger partial charge in [-0.2, -0.15) is 0 Å². The average molecular weight is 354 g/mol. The molecule has 0 saturated carbocycles. The van der Waals surface area contributed by atoms with Gasteiger partial charge in [0.05, 0.1) is 0 Å². The first-order chi connectivity index (χ1) is 7.51. The van der Waals surface area contributed by atoms with Crippen LogP contribution in [-0.4, -0.2) is 26.5 Å². The Morgan fingerprint density at radius 3 is 1.29 bits per heavy atom. The maximum absolute atomic E-state index is 2.55. The SMILES string of the molecule is CC(C)c1c[c]([Ge]([CH3])([CH3])[CH3])c[c]([Ge]([CH3])([CH3])[CH3])c1. The summed E-state index contributed by atoms with van der Waals surface area (Å²) < 4.78 is 3.37. The molecule has 0 radical (unpaired) electrons. The van der Waals surface area contributed by atoms with E-state index in [0.717, 1.165) is 0 Å². The van der Waals surface area contributed by atoms with Crippen LogP contribution >= 0.6 is 0 Å². The molecule has 0 saturated heterocycles. The van der Waals surface area contributed by atoms with Gasteiger partial charge in [0.2, 0.25) is 0 Å². The van der Waals surface area contributed by atoms with E-state index in [-0.39, 0.29) is 0 Å². The van der Waals surface area contributed by atoms with Gasteiger partial charge in [-0.25, -0.2) is 0 Å². The molecule has 0 aliphatic heterocycles. The summed E-state index contributed by atoms with van der Waals surface area (Å²) >= 11 is -3.40. The van der Waals surface area contributed by atoms with Gasteiger partial charge in [-0.1, -0.05) is 0 Å². The van der Waals surface area contributed by atoms with Crippen molar-refractivity contribution in [1.82, 2.24) is 0 Å². The number of benzene rings is 1. The van der Waals surface area contributed by atoms with Crippen LogP contribution in [0.1, 0.15) is 25.3 Å². The van der Waals surface area contributed by atoms with Crippen LogP contribution in [0.25, 0.3) is 0 Å². The minimum atomic E-state index is -1.70. The predicted molar refractivity (Wildman–Crippen MR) is 86.5 cm³/mol. The average Bonchev–Trinajstić information content (AvgIpc) is 2.14. The number of rotatable bonds is 3. The molecule has 0 nitrogen and oxygen atoms in total. The first-order valence-electron chi connectivity index (χ1n) is 6.68. The zero-order valence-corrected chi connectivity index (χ0v) is 17.0. The van der Waals surface area contributed by atoms with E-state index in [1.165, 1.54) is 0 Å². The van der Waals surface area contributed by atoms with Crippen molar-refractivity contribution in [3.63, 3.8) is 0 Å². The van der Waals surface area contributed by atoms with E-state index >= 15 is 0 Å². The molecule has 1 rings (SSSR count). The van der Waals surface area contributed by atoms with Gasteiger partial charge in [-0.15, -0.1) is 0 Å². The number of hydrogen-bond donors (Lipinski definition) is 0. The van der Waals surface area contributed by atoms with E-state index in [1.807, 2.05) is 0 Å². The van der Waals surface area contributed by atoms with Crippen molar-refractivity contribution < 1.29 is 0 Å². The fourth-order valence-electron chi connectivity index (χ4n) is 1.85. The summed E-state index contributed by atoms with van der Waals surface area (Å²) in [6.45, 7) is 4.63. The van der Waals surface area contributed by atoms with Crippen LogP contribution in [0, 0.1) is 0 Å². The first kappa shape index (κ1) is 15.4. The van der Waals surface area contributed by atoms with Crippen LogP contribution in [0.3, 0.4) is 0 Å². The Bertz CT molecular complexity index is 360. The molecule has 1 aromatic carbocycles. The van der Waals surface area contributed by atoms with Crippen molar-refractivity contribution in [3.8, 4) is 0 Å². The summed E-state index contributed by atoms with van der Waals surface area (Å²) in [6.07, 6.45) is 0. The fourth-order valence-corrected chi connectivity index (χ4v) is 7.47. The molecule has 0 spiro atoms. The molecular formula is C15H28Ge2. The van der Waals surface area contributed by atoms with E-state index in [2.05, 4.69) is 66.6 Å². The summed E-state index contributed by atoms with van der Waals surface area (Å²) in [5, 5.41) is 0. The molecule has 1 aromatic rings. The molecule has 0 unspecified atom stereocenters.